The number of aromatic nitrogens is 1. The molecule has 2 aromatic rings. The lowest BCUT2D eigenvalue weighted by Crippen LogP contribution is -2.12. The van der Waals surface area contributed by atoms with Crippen LogP contribution in [0.3, 0.4) is 0 Å². The highest BCUT2D eigenvalue weighted by Crippen LogP contribution is 2.36. The predicted molar refractivity (Wildman–Crippen MR) is 86.8 cm³/mol. The normalized spacial score (nSPS) is 14.6. The highest BCUT2D eigenvalue weighted by atomic mass is 32.1. The number of hydrogen-bond acceptors (Lipinski definition) is 4. The lowest BCUT2D eigenvalue weighted by molar-refractivity contribution is 0.181. The molecule has 0 atom stereocenters. The van der Waals surface area contributed by atoms with E-state index in [9.17, 15) is 0 Å². The third-order valence-electron chi connectivity index (χ3n) is 4.01. The zero-order chi connectivity index (χ0) is 14.7. The van der Waals surface area contributed by atoms with Gasteiger partial charge in [-0.2, -0.15) is 0 Å². The summed E-state index contributed by atoms with van der Waals surface area (Å²) in [5.74, 6) is 0.540. The van der Waals surface area contributed by atoms with Crippen molar-refractivity contribution in [1.29, 1.82) is 0 Å². The molecule has 0 amide bonds. The Bertz CT molecular complexity index is 584. The molecule has 21 heavy (non-hydrogen) atoms. The van der Waals surface area contributed by atoms with Crippen LogP contribution < -0.4 is 5.32 Å². The van der Waals surface area contributed by atoms with Crippen LogP contribution >= 0.6 is 11.3 Å². The van der Waals surface area contributed by atoms with Gasteiger partial charge in [-0.05, 0) is 30.5 Å². The number of hydrogen-bond donors (Lipinski definition) is 1. The Labute approximate surface area is 130 Å². The van der Waals surface area contributed by atoms with Gasteiger partial charge in [-0.3, -0.25) is 0 Å². The number of benzene rings is 1. The fraction of sp³-hybridized carbons (Fsp3) is 0.471. The van der Waals surface area contributed by atoms with Crippen LogP contribution in [0.4, 0.5) is 0 Å². The van der Waals surface area contributed by atoms with Crippen molar-refractivity contribution in [1.82, 2.24) is 10.3 Å². The first-order valence-electron chi connectivity index (χ1n) is 7.56. The second-order valence-electron chi connectivity index (χ2n) is 5.51. The highest BCUT2D eigenvalue weighted by Gasteiger charge is 2.26. The molecule has 1 aliphatic carbocycles. The molecule has 0 bridgehead atoms. The predicted octanol–water partition coefficient (Wildman–Crippen LogP) is 3.28. The molecule has 1 heterocycles. The minimum Gasteiger partial charge on any atom is -0.378 e. The lowest BCUT2D eigenvalue weighted by Gasteiger charge is -2.03. The van der Waals surface area contributed by atoms with Crippen LogP contribution in [0, 0.1) is 0 Å². The molecule has 0 radical (unpaired) electrons. The number of thiazole rings is 1. The van der Waals surface area contributed by atoms with Crippen molar-refractivity contribution in [3.05, 3.63) is 51.0 Å². The maximum atomic E-state index is 5.30. The molecule has 0 unspecified atom stereocenters. The maximum absolute atomic E-state index is 5.30. The van der Waals surface area contributed by atoms with Crippen molar-refractivity contribution < 1.29 is 4.74 Å². The number of nitrogens with one attached hydrogen (secondary N) is 1. The smallest absolute Gasteiger partial charge is 0.0970 e. The molecule has 0 saturated carbocycles. The van der Waals surface area contributed by atoms with Gasteiger partial charge in [0.25, 0.3) is 0 Å². The number of rotatable bonds is 6. The van der Waals surface area contributed by atoms with Gasteiger partial charge in [0, 0.05) is 24.4 Å². The fourth-order valence-corrected chi connectivity index (χ4v) is 4.08. The number of nitrogens with zero attached hydrogens (tertiary/aromatic N) is 1. The average Bonchev–Trinajstić information content (AvgIpc) is 3.09. The Morgan fingerprint density at radius 3 is 2.62 bits per heavy atom. The molecule has 1 N–H and O–H groups in total. The van der Waals surface area contributed by atoms with E-state index in [2.05, 4.69) is 36.5 Å². The summed E-state index contributed by atoms with van der Waals surface area (Å²) in [7, 11) is 1.74. The minimum atomic E-state index is 0.540. The van der Waals surface area contributed by atoms with E-state index in [1.165, 1.54) is 21.0 Å². The zero-order valence-electron chi connectivity index (χ0n) is 12.7. The quantitative estimate of drug-likeness (QED) is 0.889. The van der Waals surface area contributed by atoms with E-state index in [0.717, 1.165) is 31.6 Å². The van der Waals surface area contributed by atoms with E-state index in [1.807, 2.05) is 11.3 Å². The topological polar surface area (TPSA) is 34.2 Å². The summed E-state index contributed by atoms with van der Waals surface area (Å²) in [5.41, 5.74) is 4.08. The minimum absolute atomic E-state index is 0.540. The van der Waals surface area contributed by atoms with Crippen LogP contribution in [-0.4, -0.2) is 18.6 Å². The Morgan fingerprint density at radius 2 is 2.00 bits per heavy atom. The van der Waals surface area contributed by atoms with Gasteiger partial charge in [0.05, 0.1) is 17.3 Å². The number of fused-ring (bicyclic) bond motifs is 1. The molecule has 0 aliphatic heterocycles. The molecule has 3 rings (SSSR count). The van der Waals surface area contributed by atoms with Crippen molar-refractivity contribution in [3.63, 3.8) is 0 Å². The van der Waals surface area contributed by atoms with Crippen LogP contribution in [0.25, 0.3) is 0 Å². The lowest BCUT2D eigenvalue weighted by atomic mass is 10.1. The largest absolute Gasteiger partial charge is 0.378 e. The monoisotopic (exact) mass is 302 g/mol. The summed E-state index contributed by atoms with van der Waals surface area (Å²) in [5, 5.41) is 4.67. The molecule has 4 heteroatoms. The molecule has 0 spiro atoms. The number of ether oxygens (including phenoxy) is 1. The van der Waals surface area contributed by atoms with E-state index >= 15 is 0 Å². The van der Waals surface area contributed by atoms with Crippen LogP contribution in [-0.2, 0) is 30.7 Å². The number of methoxy groups -OCH3 is 1. The second kappa shape index (κ2) is 6.69. The van der Waals surface area contributed by atoms with Crippen molar-refractivity contribution in [2.24, 2.45) is 0 Å². The van der Waals surface area contributed by atoms with Crippen LogP contribution in [0.1, 0.15) is 39.5 Å². The SMILES string of the molecule is CCNCc1sc(C2Cc3ccccc3C2)nc1COC. The third-order valence-corrected chi connectivity index (χ3v) is 5.27. The standard InChI is InChI=1S/C17H22N2OS/c1-3-18-10-16-15(11-20-2)19-17(21-16)14-8-12-6-4-5-7-13(12)9-14/h4-7,14,18H,3,8-11H2,1-2H3. The fourth-order valence-electron chi connectivity index (χ4n) is 2.94. The molecule has 1 aromatic carbocycles. The van der Waals surface area contributed by atoms with E-state index in [0.29, 0.717) is 12.5 Å². The van der Waals surface area contributed by atoms with Crippen molar-refractivity contribution >= 4 is 11.3 Å². The summed E-state index contributed by atoms with van der Waals surface area (Å²) in [6.45, 7) is 4.61. The first-order valence-corrected chi connectivity index (χ1v) is 8.38. The van der Waals surface area contributed by atoms with Crippen molar-refractivity contribution in [2.45, 2.75) is 38.8 Å². The Morgan fingerprint density at radius 1 is 1.29 bits per heavy atom. The molecule has 0 saturated heterocycles. The van der Waals surface area contributed by atoms with Crippen LogP contribution in [0.15, 0.2) is 24.3 Å². The molecule has 0 fully saturated rings. The molecule has 1 aliphatic rings. The summed E-state index contributed by atoms with van der Waals surface area (Å²) in [4.78, 5) is 6.20. The first kappa shape index (κ1) is 14.7. The molecule has 1 aromatic heterocycles. The average molecular weight is 302 g/mol. The summed E-state index contributed by atoms with van der Waals surface area (Å²) < 4.78 is 5.30. The maximum Gasteiger partial charge on any atom is 0.0970 e. The van der Waals surface area contributed by atoms with E-state index in [-0.39, 0.29) is 0 Å². The van der Waals surface area contributed by atoms with Gasteiger partial charge in [-0.25, -0.2) is 4.98 Å². The zero-order valence-corrected chi connectivity index (χ0v) is 13.5. The summed E-state index contributed by atoms with van der Waals surface area (Å²) in [6, 6.07) is 8.77. The summed E-state index contributed by atoms with van der Waals surface area (Å²) in [6.07, 6.45) is 2.24. The van der Waals surface area contributed by atoms with Crippen molar-refractivity contribution in [3.8, 4) is 0 Å². The molecule has 112 valence electrons. The third kappa shape index (κ3) is 3.18. The van der Waals surface area contributed by atoms with Gasteiger partial charge in [-0.1, -0.05) is 31.2 Å². The second-order valence-corrected chi connectivity index (χ2v) is 6.62. The van der Waals surface area contributed by atoms with Gasteiger partial charge in [0.15, 0.2) is 0 Å². The Hall–Kier alpha value is -1.23. The molecular formula is C17H22N2OS. The first-order chi connectivity index (χ1) is 10.3. The highest BCUT2D eigenvalue weighted by molar-refractivity contribution is 7.11. The molecule has 3 nitrogen and oxygen atoms in total. The Balaban J connectivity index is 1.80. The van der Waals surface area contributed by atoms with E-state index in [4.69, 9.17) is 9.72 Å². The van der Waals surface area contributed by atoms with E-state index < -0.39 is 0 Å². The van der Waals surface area contributed by atoms with Gasteiger partial charge < -0.3 is 10.1 Å². The Kier molecular flexibility index (Phi) is 4.68. The van der Waals surface area contributed by atoms with Crippen molar-refractivity contribution in [2.75, 3.05) is 13.7 Å². The van der Waals surface area contributed by atoms with Gasteiger partial charge in [0.1, 0.15) is 0 Å². The van der Waals surface area contributed by atoms with Crippen LogP contribution in [0.2, 0.25) is 0 Å². The van der Waals surface area contributed by atoms with Gasteiger partial charge >= 0.3 is 0 Å². The van der Waals surface area contributed by atoms with E-state index in [1.54, 1.807) is 7.11 Å². The van der Waals surface area contributed by atoms with Crippen LogP contribution in [0.5, 0.6) is 0 Å². The summed E-state index contributed by atoms with van der Waals surface area (Å²) >= 11 is 1.85. The van der Waals surface area contributed by atoms with Gasteiger partial charge in [-0.15, -0.1) is 11.3 Å². The molecular weight excluding hydrogens is 280 g/mol. The van der Waals surface area contributed by atoms with Gasteiger partial charge in [0.2, 0.25) is 0 Å².